The van der Waals surface area contributed by atoms with Crippen molar-refractivity contribution >= 4 is 29.1 Å². The number of nitrogens with one attached hydrogen (secondary N) is 1. The summed E-state index contributed by atoms with van der Waals surface area (Å²) >= 11 is 0. The van der Waals surface area contributed by atoms with Crippen molar-refractivity contribution in [1.82, 2.24) is 0 Å². The standard InChI is InChI=1S/C23H22N2O4/c1-14-6-11-19-20(12-14)23(28)25(22(19)27)17-9-7-15(8-10-17)21(26)24-16-4-3-5-18(13-16)29-2/h3-10,13,19-20H,11-12H2,1-2H3,(H,24,26)/t19-,20-/m0/s1. The van der Waals surface area contributed by atoms with Crippen LogP contribution in [-0.4, -0.2) is 24.8 Å². The van der Waals surface area contributed by atoms with Crippen LogP contribution in [0.5, 0.6) is 5.75 Å². The number of ether oxygens (including phenoxy) is 1. The first-order valence-electron chi connectivity index (χ1n) is 9.57. The fraction of sp³-hybridized carbons (Fsp3) is 0.261. The lowest BCUT2D eigenvalue weighted by atomic mass is 9.82. The minimum absolute atomic E-state index is 0.152. The quantitative estimate of drug-likeness (QED) is 0.637. The van der Waals surface area contributed by atoms with Gasteiger partial charge in [-0.1, -0.05) is 17.7 Å². The number of carbonyl (C=O) groups is 3. The fourth-order valence-corrected chi connectivity index (χ4v) is 3.96. The smallest absolute Gasteiger partial charge is 0.255 e. The zero-order valence-electron chi connectivity index (χ0n) is 16.3. The van der Waals surface area contributed by atoms with Crippen LogP contribution >= 0.6 is 0 Å². The predicted molar refractivity (Wildman–Crippen MR) is 110 cm³/mol. The molecule has 2 aliphatic rings. The molecule has 1 heterocycles. The molecule has 0 radical (unpaired) electrons. The van der Waals surface area contributed by atoms with Crippen molar-refractivity contribution in [1.29, 1.82) is 0 Å². The number of benzene rings is 2. The highest BCUT2D eigenvalue weighted by Crippen LogP contribution is 2.39. The molecular weight excluding hydrogens is 368 g/mol. The zero-order valence-corrected chi connectivity index (χ0v) is 16.3. The summed E-state index contributed by atoms with van der Waals surface area (Å²) in [4.78, 5) is 39.3. The predicted octanol–water partition coefficient (Wildman–Crippen LogP) is 3.79. The summed E-state index contributed by atoms with van der Waals surface area (Å²) in [6.07, 6.45) is 3.28. The molecule has 1 aliphatic carbocycles. The van der Waals surface area contributed by atoms with Crippen LogP contribution in [0.15, 0.2) is 60.2 Å². The van der Waals surface area contributed by atoms with Crippen molar-refractivity contribution in [3.8, 4) is 5.75 Å². The van der Waals surface area contributed by atoms with Gasteiger partial charge in [0.15, 0.2) is 0 Å². The van der Waals surface area contributed by atoms with Gasteiger partial charge in [-0.2, -0.15) is 0 Å². The third-order valence-corrected chi connectivity index (χ3v) is 5.54. The van der Waals surface area contributed by atoms with Gasteiger partial charge in [-0.15, -0.1) is 0 Å². The Morgan fingerprint density at radius 2 is 1.79 bits per heavy atom. The number of anilines is 2. The number of carbonyl (C=O) groups excluding carboxylic acids is 3. The highest BCUT2D eigenvalue weighted by molar-refractivity contribution is 6.22. The molecule has 1 N–H and O–H groups in total. The van der Waals surface area contributed by atoms with Gasteiger partial charge in [0.1, 0.15) is 5.75 Å². The van der Waals surface area contributed by atoms with E-state index in [1.54, 1.807) is 55.6 Å². The van der Waals surface area contributed by atoms with Crippen LogP contribution in [0.2, 0.25) is 0 Å². The Labute approximate surface area is 169 Å². The van der Waals surface area contributed by atoms with Crippen molar-refractivity contribution in [2.75, 3.05) is 17.3 Å². The van der Waals surface area contributed by atoms with Crippen LogP contribution in [0.1, 0.15) is 30.1 Å². The van der Waals surface area contributed by atoms with Crippen LogP contribution in [0.4, 0.5) is 11.4 Å². The molecule has 1 aliphatic heterocycles. The second-order valence-electron chi connectivity index (χ2n) is 7.45. The number of fused-ring (bicyclic) bond motifs is 1. The first kappa shape index (κ1) is 18.9. The molecule has 2 atom stereocenters. The molecule has 6 heteroatoms. The van der Waals surface area contributed by atoms with Gasteiger partial charge in [-0.05, 0) is 56.2 Å². The maximum absolute atomic E-state index is 12.8. The van der Waals surface area contributed by atoms with E-state index in [1.165, 1.54) is 4.90 Å². The first-order chi connectivity index (χ1) is 14.0. The van der Waals surface area contributed by atoms with E-state index in [0.29, 0.717) is 35.5 Å². The minimum Gasteiger partial charge on any atom is -0.497 e. The number of hydrogen-bond donors (Lipinski definition) is 1. The van der Waals surface area contributed by atoms with Crippen molar-refractivity contribution in [3.63, 3.8) is 0 Å². The monoisotopic (exact) mass is 390 g/mol. The normalized spacial score (nSPS) is 20.9. The second-order valence-corrected chi connectivity index (χ2v) is 7.45. The average molecular weight is 390 g/mol. The topological polar surface area (TPSA) is 75.7 Å². The molecule has 2 aromatic rings. The van der Waals surface area contributed by atoms with Crippen LogP contribution < -0.4 is 15.0 Å². The Balaban J connectivity index is 1.50. The lowest BCUT2D eigenvalue weighted by Crippen LogP contribution is -2.30. The Hall–Kier alpha value is -3.41. The number of allylic oxidation sites excluding steroid dienone is 2. The van der Waals surface area contributed by atoms with Crippen molar-refractivity contribution in [2.45, 2.75) is 19.8 Å². The van der Waals surface area contributed by atoms with Gasteiger partial charge in [-0.3, -0.25) is 19.3 Å². The van der Waals surface area contributed by atoms with Crippen LogP contribution in [-0.2, 0) is 9.59 Å². The maximum Gasteiger partial charge on any atom is 0.255 e. The van der Waals surface area contributed by atoms with Crippen molar-refractivity contribution < 1.29 is 19.1 Å². The van der Waals surface area contributed by atoms with Gasteiger partial charge in [0.25, 0.3) is 5.91 Å². The summed E-state index contributed by atoms with van der Waals surface area (Å²) in [5.41, 5.74) is 2.71. The Kier molecular flexibility index (Phi) is 4.92. The molecule has 0 saturated carbocycles. The summed E-state index contributed by atoms with van der Waals surface area (Å²) in [6, 6.07) is 13.6. The van der Waals surface area contributed by atoms with Crippen LogP contribution in [0.25, 0.3) is 0 Å². The molecule has 0 aromatic heterocycles. The van der Waals surface area contributed by atoms with E-state index >= 15 is 0 Å². The van der Waals surface area contributed by atoms with Crippen LogP contribution in [0, 0.1) is 11.8 Å². The average Bonchev–Trinajstić information content (AvgIpc) is 2.98. The van der Waals surface area contributed by atoms with Crippen molar-refractivity contribution in [3.05, 3.63) is 65.7 Å². The number of hydrogen-bond acceptors (Lipinski definition) is 4. The minimum atomic E-state index is -0.280. The van der Waals surface area contributed by atoms with Crippen LogP contribution in [0.3, 0.4) is 0 Å². The fourth-order valence-electron chi connectivity index (χ4n) is 3.96. The molecule has 3 amide bonds. The third kappa shape index (κ3) is 3.53. The maximum atomic E-state index is 12.8. The second kappa shape index (κ2) is 7.54. The van der Waals surface area contributed by atoms with Gasteiger partial charge < -0.3 is 10.1 Å². The number of amides is 3. The summed E-state index contributed by atoms with van der Waals surface area (Å²) < 4.78 is 5.16. The zero-order chi connectivity index (χ0) is 20.5. The Bertz CT molecular complexity index is 1010. The molecule has 2 aromatic carbocycles. The number of methoxy groups -OCH3 is 1. The van der Waals surface area contributed by atoms with E-state index < -0.39 is 0 Å². The van der Waals surface area contributed by atoms with E-state index in [0.717, 1.165) is 5.57 Å². The van der Waals surface area contributed by atoms with E-state index in [9.17, 15) is 14.4 Å². The first-order valence-corrected chi connectivity index (χ1v) is 9.57. The molecular formula is C23H22N2O4. The van der Waals surface area contributed by atoms with Gasteiger partial charge in [0.05, 0.1) is 24.6 Å². The highest BCUT2D eigenvalue weighted by Gasteiger charge is 2.48. The molecule has 29 heavy (non-hydrogen) atoms. The summed E-state index contributed by atoms with van der Waals surface area (Å²) in [6.45, 7) is 1.99. The lowest BCUT2D eigenvalue weighted by Gasteiger charge is -2.18. The van der Waals surface area contributed by atoms with Gasteiger partial charge in [0, 0.05) is 17.3 Å². The summed E-state index contributed by atoms with van der Waals surface area (Å²) in [5, 5.41) is 2.81. The molecule has 1 fully saturated rings. The third-order valence-electron chi connectivity index (χ3n) is 5.54. The Morgan fingerprint density at radius 1 is 1.07 bits per heavy atom. The number of nitrogens with zero attached hydrogens (tertiary/aromatic N) is 1. The molecule has 0 spiro atoms. The summed E-state index contributed by atoms with van der Waals surface area (Å²) in [7, 11) is 1.56. The van der Waals surface area contributed by atoms with E-state index in [4.69, 9.17) is 4.74 Å². The lowest BCUT2D eigenvalue weighted by molar-refractivity contribution is -0.122. The number of imide groups is 1. The molecule has 6 nitrogen and oxygen atoms in total. The van der Waals surface area contributed by atoms with E-state index in [2.05, 4.69) is 5.32 Å². The molecule has 4 rings (SSSR count). The summed E-state index contributed by atoms with van der Waals surface area (Å²) in [5.74, 6) is -0.489. The molecule has 0 unspecified atom stereocenters. The van der Waals surface area contributed by atoms with Gasteiger partial charge in [-0.25, -0.2) is 0 Å². The molecule has 1 saturated heterocycles. The number of rotatable bonds is 4. The van der Waals surface area contributed by atoms with Gasteiger partial charge in [0.2, 0.25) is 11.8 Å². The largest absolute Gasteiger partial charge is 0.497 e. The Morgan fingerprint density at radius 3 is 2.52 bits per heavy atom. The van der Waals surface area contributed by atoms with Crippen molar-refractivity contribution in [2.24, 2.45) is 11.8 Å². The van der Waals surface area contributed by atoms with E-state index in [1.807, 2.05) is 13.0 Å². The molecule has 0 bridgehead atoms. The molecule has 148 valence electrons. The van der Waals surface area contributed by atoms with E-state index in [-0.39, 0.29) is 29.6 Å². The van der Waals surface area contributed by atoms with Gasteiger partial charge >= 0.3 is 0 Å². The highest BCUT2D eigenvalue weighted by atomic mass is 16.5. The SMILES string of the molecule is COc1cccc(NC(=O)c2ccc(N3C(=O)[C@H]4CC=C(C)C[C@@H]4C3=O)cc2)c1.